The van der Waals surface area contributed by atoms with Gasteiger partial charge in [-0.25, -0.2) is 0 Å². The number of nitrogens with one attached hydrogen (secondary N) is 1. The maximum atomic E-state index is 11.1. The van der Waals surface area contributed by atoms with Crippen molar-refractivity contribution < 1.29 is 9.53 Å². The quantitative estimate of drug-likeness (QED) is 0.585. The molecule has 0 aliphatic carbocycles. The van der Waals surface area contributed by atoms with Gasteiger partial charge in [-0.05, 0) is 25.5 Å². The van der Waals surface area contributed by atoms with E-state index in [0.717, 1.165) is 11.3 Å². The van der Waals surface area contributed by atoms with E-state index in [1.807, 2.05) is 31.2 Å². The van der Waals surface area contributed by atoms with Crippen molar-refractivity contribution in [3.05, 3.63) is 29.8 Å². The maximum absolute atomic E-state index is 11.1. The zero-order valence-corrected chi connectivity index (χ0v) is 9.69. The number of ether oxygens (including phenoxy) is 1. The fourth-order valence-electron chi connectivity index (χ4n) is 1.46. The van der Waals surface area contributed by atoms with Crippen LogP contribution in [0.5, 0.6) is 0 Å². The standard InChI is InChI=1S/C12H18N2O2/c1-3-16-12(15)8-14-9(2)10-6-4-5-7-11(10)13/h4-7,9,14H,3,8,13H2,1-2H3. The molecule has 1 unspecified atom stereocenters. The topological polar surface area (TPSA) is 64.3 Å². The number of nitrogen functional groups attached to an aromatic ring is 1. The van der Waals surface area contributed by atoms with E-state index in [0.29, 0.717) is 6.61 Å². The van der Waals surface area contributed by atoms with E-state index in [9.17, 15) is 4.79 Å². The number of nitrogens with two attached hydrogens (primary N) is 1. The van der Waals surface area contributed by atoms with Crippen LogP contribution in [0.4, 0.5) is 5.69 Å². The highest BCUT2D eigenvalue weighted by Crippen LogP contribution is 2.18. The van der Waals surface area contributed by atoms with Gasteiger partial charge in [0.15, 0.2) is 0 Å². The lowest BCUT2D eigenvalue weighted by atomic mass is 10.1. The van der Waals surface area contributed by atoms with Gasteiger partial charge in [-0.3, -0.25) is 4.79 Å². The molecule has 4 heteroatoms. The van der Waals surface area contributed by atoms with Gasteiger partial charge >= 0.3 is 5.97 Å². The molecule has 0 spiro atoms. The van der Waals surface area contributed by atoms with Crippen LogP contribution in [0.1, 0.15) is 25.5 Å². The number of benzene rings is 1. The molecule has 16 heavy (non-hydrogen) atoms. The molecule has 3 N–H and O–H groups in total. The van der Waals surface area contributed by atoms with Gasteiger partial charge in [0.1, 0.15) is 0 Å². The number of esters is 1. The average molecular weight is 222 g/mol. The lowest BCUT2D eigenvalue weighted by Gasteiger charge is -2.15. The summed E-state index contributed by atoms with van der Waals surface area (Å²) in [4.78, 5) is 11.1. The van der Waals surface area contributed by atoms with Crippen molar-refractivity contribution in [3.63, 3.8) is 0 Å². The van der Waals surface area contributed by atoms with E-state index in [1.165, 1.54) is 0 Å². The molecule has 1 rings (SSSR count). The van der Waals surface area contributed by atoms with Gasteiger partial charge in [0.05, 0.1) is 13.2 Å². The zero-order valence-electron chi connectivity index (χ0n) is 9.69. The third-order valence-electron chi connectivity index (χ3n) is 2.32. The average Bonchev–Trinajstić information content (AvgIpc) is 2.27. The molecule has 0 saturated carbocycles. The monoisotopic (exact) mass is 222 g/mol. The number of rotatable bonds is 5. The first-order valence-electron chi connectivity index (χ1n) is 5.38. The summed E-state index contributed by atoms with van der Waals surface area (Å²) in [5.41, 5.74) is 7.55. The first kappa shape index (κ1) is 12.5. The van der Waals surface area contributed by atoms with E-state index in [1.54, 1.807) is 6.92 Å². The van der Waals surface area contributed by atoms with Crippen LogP contribution in [0.25, 0.3) is 0 Å². The molecule has 0 aliphatic rings. The van der Waals surface area contributed by atoms with E-state index in [4.69, 9.17) is 10.5 Å². The summed E-state index contributed by atoms with van der Waals surface area (Å²) < 4.78 is 4.83. The SMILES string of the molecule is CCOC(=O)CNC(C)c1ccccc1N. The molecular formula is C12H18N2O2. The van der Waals surface area contributed by atoms with Crippen molar-refractivity contribution in [2.75, 3.05) is 18.9 Å². The molecule has 0 amide bonds. The number of carbonyl (C=O) groups excluding carboxylic acids is 1. The van der Waals surface area contributed by atoms with E-state index in [2.05, 4.69) is 5.32 Å². The third-order valence-corrected chi connectivity index (χ3v) is 2.32. The Morgan fingerprint density at radius 1 is 1.50 bits per heavy atom. The lowest BCUT2D eigenvalue weighted by molar-refractivity contribution is -0.142. The summed E-state index contributed by atoms with van der Waals surface area (Å²) in [5, 5.41) is 3.07. The molecular weight excluding hydrogens is 204 g/mol. The molecule has 1 atom stereocenters. The maximum Gasteiger partial charge on any atom is 0.319 e. The third kappa shape index (κ3) is 3.55. The van der Waals surface area contributed by atoms with E-state index in [-0.39, 0.29) is 18.6 Å². The molecule has 0 aliphatic heterocycles. The van der Waals surface area contributed by atoms with E-state index >= 15 is 0 Å². The predicted octanol–water partition coefficient (Wildman–Crippen LogP) is 1.48. The highest BCUT2D eigenvalue weighted by molar-refractivity contribution is 5.71. The molecule has 0 fully saturated rings. The van der Waals surface area contributed by atoms with Crippen LogP contribution in [-0.4, -0.2) is 19.1 Å². The predicted molar refractivity (Wildman–Crippen MR) is 63.9 cm³/mol. The van der Waals surface area contributed by atoms with Crippen LogP contribution in [0, 0.1) is 0 Å². The second-order valence-corrected chi connectivity index (χ2v) is 3.54. The highest BCUT2D eigenvalue weighted by Gasteiger charge is 2.09. The van der Waals surface area contributed by atoms with Gasteiger partial charge in [0.25, 0.3) is 0 Å². The number of anilines is 1. The number of hydrogen-bond donors (Lipinski definition) is 2. The summed E-state index contributed by atoms with van der Waals surface area (Å²) in [6.45, 7) is 4.35. The van der Waals surface area contributed by atoms with Crippen molar-refractivity contribution in [2.45, 2.75) is 19.9 Å². The number of carbonyl (C=O) groups is 1. The van der Waals surface area contributed by atoms with Crippen LogP contribution >= 0.6 is 0 Å². The number of para-hydroxylation sites is 1. The van der Waals surface area contributed by atoms with Gasteiger partial charge in [-0.2, -0.15) is 0 Å². The van der Waals surface area contributed by atoms with Crippen molar-refractivity contribution in [1.29, 1.82) is 0 Å². The lowest BCUT2D eigenvalue weighted by Crippen LogP contribution is -2.27. The molecule has 0 radical (unpaired) electrons. The Bertz CT molecular complexity index is 353. The molecule has 88 valence electrons. The minimum Gasteiger partial charge on any atom is -0.465 e. The van der Waals surface area contributed by atoms with Crippen LogP contribution in [0.2, 0.25) is 0 Å². The van der Waals surface area contributed by atoms with Gasteiger partial charge in [0, 0.05) is 11.7 Å². The highest BCUT2D eigenvalue weighted by atomic mass is 16.5. The Kier molecular flexibility index (Phi) is 4.79. The van der Waals surface area contributed by atoms with Crippen LogP contribution in [-0.2, 0) is 9.53 Å². The molecule has 1 aromatic carbocycles. The molecule has 1 aromatic rings. The van der Waals surface area contributed by atoms with Gasteiger partial charge in [-0.15, -0.1) is 0 Å². The molecule has 0 saturated heterocycles. The second-order valence-electron chi connectivity index (χ2n) is 3.54. The summed E-state index contributed by atoms with van der Waals surface area (Å²) in [7, 11) is 0. The molecule has 0 aromatic heterocycles. The smallest absolute Gasteiger partial charge is 0.319 e. The summed E-state index contributed by atoms with van der Waals surface area (Å²) >= 11 is 0. The summed E-state index contributed by atoms with van der Waals surface area (Å²) in [6.07, 6.45) is 0. The molecule has 0 bridgehead atoms. The Morgan fingerprint density at radius 2 is 2.19 bits per heavy atom. The van der Waals surface area contributed by atoms with Gasteiger partial charge in [0.2, 0.25) is 0 Å². The Hall–Kier alpha value is -1.55. The fraction of sp³-hybridized carbons (Fsp3) is 0.417. The van der Waals surface area contributed by atoms with Gasteiger partial charge in [-0.1, -0.05) is 18.2 Å². The molecule has 4 nitrogen and oxygen atoms in total. The van der Waals surface area contributed by atoms with Crippen LogP contribution < -0.4 is 11.1 Å². The normalized spacial score (nSPS) is 12.1. The minimum atomic E-state index is -0.246. The second kappa shape index (κ2) is 6.12. The van der Waals surface area contributed by atoms with Crippen LogP contribution in [0.15, 0.2) is 24.3 Å². The Morgan fingerprint density at radius 3 is 2.81 bits per heavy atom. The number of hydrogen-bond acceptors (Lipinski definition) is 4. The first-order chi connectivity index (χ1) is 7.65. The minimum absolute atomic E-state index is 0.0330. The fourth-order valence-corrected chi connectivity index (χ4v) is 1.46. The van der Waals surface area contributed by atoms with Crippen molar-refractivity contribution in [1.82, 2.24) is 5.32 Å². The van der Waals surface area contributed by atoms with Crippen molar-refractivity contribution in [2.24, 2.45) is 0 Å². The van der Waals surface area contributed by atoms with Crippen LogP contribution in [0.3, 0.4) is 0 Å². The zero-order chi connectivity index (χ0) is 12.0. The van der Waals surface area contributed by atoms with Gasteiger partial charge < -0.3 is 15.8 Å². The summed E-state index contributed by atoms with van der Waals surface area (Å²) in [5.74, 6) is -0.246. The molecule has 0 heterocycles. The Labute approximate surface area is 95.8 Å². The van der Waals surface area contributed by atoms with E-state index < -0.39 is 0 Å². The Balaban J connectivity index is 2.50. The van der Waals surface area contributed by atoms with Crippen molar-refractivity contribution >= 4 is 11.7 Å². The largest absolute Gasteiger partial charge is 0.465 e. The first-order valence-corrected chi connectivity index (χ1v) is 5.38. The van der Waals surface area contributed by atoms with Crippen molar-refractivity contribution in [3.8, 4) is 0 Å². The summed E-state index contributed by atoms with van der Waals surface area (Å²) in [6, 6.07) is 7.63.